The lowest BCUT2D eigenvalue weighted by atomic mass is 9.95. The number of likely N-dealkylation sites (tertiary alicyclic amines) is 1. The van der Waals surface area contributed by atoms with Gasteiger partial charge in [0.15, 0.2) is 11.6 Å². The van der Waals surface area contributed by atoms with Crippen molar-refractivity contribution in [2.24, 2.45) is 0 Å². The van der Waals surface area contributed by atoms with Crippen LogP contribution < -0.4 is 4.74 Å². The molecule has 1 saturated heterocycles. The maximum atomic E-state index is 13.9. The molecule has 3 unspecified atom stereocenters. The highest BCUT2D eigenvalue weighted by Crippen LogP contribution is 2.35. The molecule has 1 aromatic carbocycles. The Balaban J connectivity index is 1.62. The van der Waals surface area contributed by atoms with Crippen LogP contribution in [0, 0.1) is 18.6 Å². The van der Waals surface area contributed by atoms with Gasteiger partial charge in [0.05, 0.1) is 28.5 Å². The van der Waals surface area contributed by atoms with Gasteiger partial charge in [-0.1, -0.05) is 17.7 Å². The molecule has 1 fully saturated rings. The van der Waals surface area contributed by atoms with Gasteiger partial charge >= 0.3 is 0 Å². The van der Waals surface area contributed by atoms with Crippen LogP contribution in [0.4, 0.5) is 8.78 Å². The largest absolute Gasteiger partial charge is 0.472 e. The van der Waals surface area contributed by atoms with Crippen molar-refractivity contribution in [1.29, 1.82) is 0 Å². The number of aromatic nitrogens is 3. The summed E-state index contributed by atoms with van der Waals surface area (Å²) >= 11 is 5.89. The summed E-state index contributed by atoms with van der Waals surface area (Å²) in [4.78, 5) is 19.2. The molecule has 6 nitrogen and oxygen atoms in total. The normalized spacial score (nSPS) is 19.1. The summed E-state index contributed by atoms with van der Waals surface area (Å²) in [6, 6.07) is 8.52. The van der Waals surface area contributed by atoms with Crippen LogP contribution in [0.3, 0.4) is 0 Å². The average Bonchev–Trinajstić information content (AvgIpc) is 3.22. The number of hydrogen-bond donors (Lipinski definition) is 0. The van der Waals surface area contributed by atoms with E-state index in [1.165, 1.54) is 18.5 Å². The highest BCUT2D eigenvalue weighted by molar-refractivity contribution is 6.30. The van der Waals surface area contributed by atoms with Gasteiger partial charge in [-0.3, -0.25) is 4.79 Å². The third-order valence-electron chi connectivity index (χ3n) is 5.59. The zero-order valence-corrected chi connectivity index (χ0v) is 18.3. The fourth-order valence-corrected chi connectivity index (χ4v) is 4.12. The van der Waals surface area contributed by atoms with Crippen molar-refractivity contribution in [1.82, 2.24) is 20.1 Å². The van der Waals surface area contributed by atoms with E-state index in [2.05, 4.69) is 15.2 Å². The predicted octanol–water partition coefficient (Wildman–Crippen LogP) is 4.58. The first-order valence-electron chi connectivity index (χ1n) is 10.2. The van der Waals surface area contributed by atoms with Crippen molar-refractivity contribution in [2.45, 2.75) is 38.3 Å². The number of carbonyl (C=O) groups is 1. The molecule has 1 aliphatic rings. The van der Waals surface area contributed by atoms with Crippen molar-refractivity contribution in [3.63, 3.8) is 0 Å². The van der Waals surface area contributed by atoms with E-state index >= 15 is 0 Å². The Bertz CT molecular complexity index is 1130. The lowest BCUT2D eigenvalue weighted by Gasteiger charge is -2.29. The van der Waals surface area contributed by atoms with Gasteiger partial charge in [-0.05, 0) is 50.1 Å². The number of hydrogen-bond acceptors (Lipinski definition) is 5. The van der Waals surface area contributed by atoms with Crippen molar-refractivity contribution in [3.05, 3.63) is 82.3 Å². The highest BCUT2D eigenvalue weighted by Gasteiger charge is 2.40. The number of aryl methyl sites for hydroxylation is 1. The van der Waals surface area contributed by atoms with Gasteiger partial charge in [-0.15, -0.1) is 0 Å². The molecule has 2 aromatic heterocycles. The second-order valence-electron chi connectivity index (χ2n) is 7.85. The number of benzene rings is 1. The molecular weight excluding hydrogens is 438 g/mol. The van der Waals surface area contributed by atoms with Crippen LogP contribution in [0.1, 0.15) is 40.9 Å². The molecule has 9 heteroatoms. The Hall–Kier alpha value is -3.13. The molecule has 3 aromatic rings. The van der Waals surface area contributed by atoms with Crippen LogP contribution in [0.5, 0.6) is 5.88 Å². The first-order chi connectivity index (χ1) is 15.3. The molecule has 1 aliphatic heterocycles. The number of nitrogens with zero attached hydrogens (tertiary/aromatic N) is 4. The first-order valence-corrected chi connectivity index (χ1v) is 10.5. The van der Waals surface area contributed by atoms with Gasteiger partial charge in [-0.2, -0.15) is 10.2 Å². The Kier molecular flexibility index (Phi) is 6.32. The molecular formula is C23H21ClF2N4O2. The summed E-state index contributed by atoms with van der Waals surface area (Å²) in [5, 5.41) is 8.27. The number of amides is 1. The lowest BCUT2D eigenvalue weighted by molar-refractivity contribution is 0.0580. The highest BCUT2D eigenvalue weighted by atomic mass is 35.5. The SMILES string of the molecule is Cc1cc(C(=O)N2CC(c3ccc(F)c(F)c3)CC2C(C)Oc2ccc(Cl)cn2)cnn1. The van der Waals surface area contributed by atoms with Crippen LogP contribution in [0.15, 0.2) is 48.8 Å². The number of ether oxygens (including phenoxy) is 1. The summed E-state index contributed by atoms with van der Waals surface area (Å²) in [5.74, 6) is -1.84. The van der Waals surface area contributed by atoms with Crippen LogP contribution in [-0.4, -0.2) is 44.7 Å². The van der Waals surface area contributed by atoms with Gasteiger partial charge in [-0.25, -0.2) is 13.8 Å². The third-order valence-corrected chi connectivity index (χ3v) is 5.82. The molecule has 0 spiro atoms. The smallest absolute Gasteiger partial charge is 0.255 e. The van der Waals surface area contributed by atoms with Crippen LogP contribution >= 0.6 is 11.6 Å². The van der Waals surface area contributed by atoms with Crippen LogP contribution in [0.25, 0.3) is 0 Å². The van der Waals surface area contributed by atoms with E-state index in [-0.39, 0.29) is 17.9 Å². The molecule has 0 aliphatic carbocycles. The second-order valence-corrected chi connectivity index (χ2v) is 8.29. The summed E-state index contributed by atoms with van der Waals surface area (Å²) in [7, 11) is 0. The summed E-state index contributed by atoms with van der Waals surface area (Å²) in [6.45, 7) is 3.94. The molecule has 1 amide bonds. The van der Waals surface area contributed by atoms with E-state index in [0.29, 0.717) is 40.7 Å². The summed E-state index contributed by atoms with van der Waals surface area (Å²) < 4.78 is 33.3. The minimum absolute atomic E-state index is 0.181. The van der Waals surface area contributed by atoms with Gasteiger partial charge in [0, 0.05) is 24.7 Å². The lowest BCUT2D eigenvalue weighted by Crippen LogP contribution is -2.44. The van der Waals surface area contributed by atoms with Crippen molar-refractivity contribution < 1.29 is 18.3 Å². The van der Waals surface area contributed by atoms with Gasteiger partial charge in [0.25, 0.3) is 5.91 Å². The number of pyridine rings is 1. The molecule has 0 bridgehead atoms. The van der Waals surface area contributed by atoms with Crippen molar-refractivity contribution in [2.75, 3.05) is 6.54 Å². The second kappa shape index (κ2) is 9.16. The minimum atomic E-state index is -0.910. The molecule has 3 atom stereocenters. The fourth-order valence-electron chi connectivity index (χ4n) is 4.01. The van der Waals surface area contributed by atoms with E-state index in [1.807, 2.05) is 6.92 Å². The number of carbonyl (C=O) groups excluding carboxylic acids is 1. The Morgan fingerprint density at radius 1 is 1.19 bits per heavy atom. The third kappa shape index (κ3) is 4.70. The van der Waals surface area contributed by atoms with E-state index in [9.17, 15) is 13.6 Å². The van der Waals surface area contributed by atoms with E-state index in [4.69, 9.17) is 16.3 Å². The molecule has 0 saturated carbocycles. The molecule has 3 heterocycles. The topological polar surface area (TPSA) is 68.2 Å². The number of halogens is 3. The maximum Gasteiger partial charge on any atom is 0.255 e. The molecule has 4 rings (SSSR count). The van der Waals surface area contributed by atoms with Gasteiger partial charge in [0.2, 0.25) is 5.88 Å². The average molecular weight is 459 g/mol. The predicted molar refractivity (Wildman–Crippen MR) is 115 cm³/mol. The van der Waals surface area contributed by atoms with Gasteiger partial charge in [0.1, 0.15) is 6.10 Å². The first kappa shape index (κ1) is 22.1. The molecule has 166 valence electrons. The molecule has 0 N–H and O–H groups in total. The Morgan fingerprint density at radius 3 is 2.69 bits per heavy atom. The summed E-state index contributed by atoms with van der Waals surface area (Å²) in [5.41, 5.74) is 1.66. The fraction of sp³-hybridized carbons (Fsp3) is 0.304. The maximum absolute atomic E-state index is 13.9. The van der Waals surface area contributed by atoms with E-state index in [1.54, 1.807) is 36.1 Å². The monoisotopic (exact) mass is 458 g/mol. The van der Waals surface area contributed by atoms with Crippen molar-refractivity contribution in [3.8, 4) is 5.88 Å². The van der Waals surface area contributed by atoms with Crippen LogP contribution in [0.2, 0.25) is 5.02 Å². The zero-order chi connectivity index (χ0) is 22.8. The zero-order valence-electron chi connectivity index (χ0n) is 17.5. The quantitative estimate of drug-likeness (QED) is 0.560. The standard InChI is InChI=1S/C23H21ClF2N4O2/c1-13-7-16(10-28-29-13)23(31)30-12-17(15-3-5-19(25)20(26)8-15)9-21(30)14(2)32-22-6-4-18(24)11-27-22/h3-8,10-11,14,17,21H,9,12H2,1-2H3. The van der Waals surface area contributed by atoms with E-state index in [0.717, 1.165) is 6.07 Å². The van der Waals surface area contributed by atoms with Crippen LogP contribution in [-0.2, 0) is 0 Å². The Labute approximate surface area is 189 Å². The van der Waals surface area contributed by atoms with Crippen molar-refractivity contribution >= 4 is 17.5 Å². The van der Waals surface area contributed by atoms with E-state index < -0.39 is 17.7 Å². The van der Waals surface area contributed by atoms with Gasteiger partial charge < -0.3 is 9.64 Å². The molecule has 32 heavy (non-hydrogen) atoms. The molecule has 0 radical (unpaired) electrons. The summed E-state index contributed by atoms with van der Waals surface area (Å²) in [6.07, 6.45) is 3.00. The Morgan fingerprint density at radius 2 is 2.00 bits per heavy atom. The minimum Gasteiger partial charge on any atom is -0.472 e. The number of rotatable bonds is 5.